The lowest BCUT2D eigenvalue weighted by Crippen LogP contribution is -2.29. The van der Waals surface area contributed by atoms with E-state index < -0.39 is 18.9 Å². The average Bonchev–Trinajstić information content (AvgIpc) is 2.00. The summed E-state index contributed by atoms with van der Waals surface area (Å²) < 4.78 is 38.2. The standard InChI is InChI=1S/C6H10F3NO3/c7-6(8,9)4-13-5(12)10-2-1-3-11/h11H,1-4H2,(H,10,12). The van der Waals surface area contributed by atoms with E-state index >= 15 is 0 Å². The van der Waals surface area contributed by atoms with Gasteiger partial charge in [0.25, 0.3) is 0 Å². The second-order valence-electron chi connectivity index (χ2n) is 2.20. The first-order valence-corrected chi connectivity index (χ1v) is 3.54. The molecule has 7 heteroatoms. The molecule has 0 heterocycles. The number of rotatable bonds is 4. The van der Waals surface area contributed by atoms with Crippen LogP contribution in [-0.2, 0) is 4.74 Å². The lowest BCUT2D eigenvalue weighted by atomic mass is 10.5. The van der Waals surface area contributed by atoms with Crippen molar-refractivity contribution in [3.05, 3.63) is 0 Å². The molecule has 13 heavy (non-hydrogen) atoms. The Labute approximate surface area is 72.7 Å². The normalized spacial score (nSPS) is 11.1. The number of amides is 1. The molecule has 1 amide bonds. The first kappa shape index (κ1) is 12.0. The van der Waals surface area contributed by atoms with Crippen molar-refractivity contribution in [1.82, 2.24) is 5.32 Å². The zero-order chi connectivity index (χ0) is 10.3. The SMILES string of the molecule is O=C(NCCCO)OCC(F)(F)F. The number of aliphatic hydroxyl groups is 1. The Bertz CT molecular complexity index is 160. The van der Waals surface area contributed by atoms with Crippen LogP contribution in [0.2, 0.25) is 0 Å². The zero-order valence-electron chi connectivity index (χ0n) is 6.73. The molecule has 0 bridgehead atoms. The molecule has 0 aromatic carbocycles. The van der Waals surface area contributed by atoms with Crippen LogP contribution >= 0.6 is 0 Å². The summed E-state index contributed by atoms with van der Waals surface area (Å²) in [6.45, 7) is -1.65. The van der Waals surface area contributed by atoms with Crippen molar-refractivity contribution in [3.8, 4) is 0 Å². The minimum absolute atomic E-state index is 0.0905. The molecule has 0 aliphatic rings. The molecule has 0 aliphatic carbocycles. The van der Waals surface area contributed by atoms with Crippen molar-refractivity contribution in [1.29, 1.82) is 0 Å². The molecule has 4 nitrogen and oxygen atoms in total. The molecule has 78 valence electrons. The summed E-state index contributed by atoms with van der Waals surface area (Å²) in [6, 6.07) is 0. The summed E-state index contributed by atoms with van der Waals surface area (Å²) in [5, 5.41) is 10.3. The molecule has 0 saturated heterocycles. The van der Waals surface area contributed by atoms with E-state index in [4.69, 9.17) is 5.11 Å². The van der Waals surface area contributed by atoms with Gasteiger partial charge < -0.3 is 15.2 Å². The number of alkyl halides is 3. The van der Waals surface area contributed by atoms with Gasteiger partial charge in [-0.3, -0.25) is 0 Å². The molecule has 0 rings (SSSR count). The van der Waals surface area contributed by atoms with Crippen LogP contribution in [0.25, 0.3) is 0 Å². The van der Waals surface area contributed by atoms with Crippen LogP contribution in [0.4, 0.5) is 18.0 Å². The van der Waals surface area contributed by atoms with Gasteiger partial charge in [-0.05, 0) is 6.42 Å². The van der Waals surface area contributed by atoms with Gasteiger partial charge in [0.1, 0.15) is 0 Å². The maximum absolute atomic E-state index is 11.5. The smallest absolute Gasteiger partial charge is 0.422 e. The number of carbonyl (C=O) groups excluding carboxylic acids is 1. The minimum Gasteiger partial charge on any atom is -0.440 e. The van der Waals surface area contributed by atoms with E-state index in [-0.39, 0.29) is 19.6 Å². The average molecular weight is 201 g/mol. The van der Waals surface area contributed by atoms with Crippen LogP contribution in [0.15, 0.2) is 0 Å². The number of nitrogens with one attached hydrogen (secondary N) is 1. The fourth-order valence-electron chi connectivity index (χ4n) is 0.468. The number of alkyl carbamates (subject to hydrolysis) is 1. The molecule has 0 radical (unpaired) electrons. The van der Waals surface area contributed by atoms with Gasteiger partial charge in [-0.15, -0.1) is 0 Å². The Balaban J connectivity index is 3.41. The Morgan fingerprint density at radius 2 is 2.08 bits per heavy atom. The number of halogens is 3. The molecular weight excluding hydrogens is 191 g/mol. The molecule has 0 aromatic rings. The van der Waals surface area contributed by atoms with Gasteiger partial charge in [0.2, 0.25) is 0 Å². The van der Waals surface area contributed by atoms with Crippen LogP contribution in [0.3, 0.4) is 0 Å². The number of carbonyl (C=O) groups is 1. The molecule has 0 spiro atoms. The highest BCUT2D eigenvalue weighted by atomic mass is 19.4. The Morgan fingerprint density at radius 1 is 1.46 bits per heavy atom. The summed E-state index contributed by atoms with van der Waals surface area (Å²) in [5.74, 6) is 0. The van der Waals surface area contributed by atoms with Crippen LogP contribution in [0.5, 0.6) is 0 Å². The van der Waals surface area contributed by atoms with Crippen molar-refractivity contribution >= 4 is 6.09 Å². The monoisotopic (exact) mass is 201 g/mol. The van der Waals surface area contributed by atoms with Gasteiger partial charge >= 0.3 is 12.3 Å². The van der Waals surface area contributed by atoms with E-state index in [1.807, 2.05) is 5.32 Å². The number of ether oxygens (including phenoxy) is 1. The minimum atomic E-state index is -4.51. The van der Waals surface area contributed by atoms with Crippen molar-refractivity contribution < 1.29 is 27.8 Å². The quantitative estimate of drug-likeness (QED) is 0.657. The number of hydrogen-bond acceptors (Lipinski definition) is 3. The van der Waals surface area contributed by atoms with Crippen LogP contribution in [0.1, 0.15) is 6.42 Å². The molecule has 0 atom stereocenters. The van der Waals surface area contributed by atoms with E-state index in [1.165, 1.54) is 0 Å². The van der Waals surface area contributed by atoms with Gasteiger partial charge in [-0.2, -0.15) is 13.2 Å². The van der Waals surface area contributed by atoms with Crippen molar-refractivity contribution in [3.63, 3.8) is 0 Å². The Hall–Kier alpha value is -0.980. The fraction of sp³-hybridized carbons (Fsp3) is 0.833. The Kier molecular flexibility index (Phi) is 5.20. The highest BCUT2D eigenvalue weighted by Gasteiger charge is 2.29. The molecule has 0 fully saturated rings. The van der Waals surface area contributed by atoms with Gasteiger partial charge in [-0.1, -0.05) is 0 Å². The summed E-state index contributed by atoms with van der Waals surface area (Å²) >= 11 is 0. The lowest BCUT2D eigenvalue weighted by Gasteiger charge is -2.08. The second-order valence-corrected chi connectivity index (χ2v) is 2.20. The van der Waals surface area contributed by atoms with Crippen LogP contribution in [-0.4, -0.2) is 37.1 Å². The van der Waals surface area contributed by atoms with Crippen molar-refractivity contribution in [2.45, 2.75) is 12.6 Å². The van der Waals surface area contributed by atoms with Gasteiger partial charge in [0, 0.05) is 13.2 Å². The highest BCUT2D eigenvalue weighted by molar-refractivity contribution is 5.67. The highest BCUT2D eigenvalue weighted by Crippen LogP contribution is 2.14. The van der Waals surface area contributed by atoms with Gasteiger partial charge in [0.05, 0.1) is 0 Å². The first-order chi connectivity index (χ1) is 5.95. The molecule has 0 aromatic heterocycles. The first-order valence-electron chi connectivity index (χ1n) is 3.54. The lowest BCUT2D eigenvalue weighted by molar-refractivity contribution is -0.160. The largest absolute Gasteiger partial charge is 0.440 e. The topological polar surface area (TPSA) is 58.6 Å². The second kappa shape index (κ2) is 5.63. The van der Waals surface area contributed by atoms with Crippen molar-refractivity contribution in [2.24, 2.45) is 0 Å². The molecular formula is C6H10F3NO3. The predicted octanol–water partition coefficient (Wildman–Crippen LogP) is 0.657. The van der Waals surface area contributed by atoms with E-state index in [1.54, 1.807) is 0 Å². The summed E-state index contributed by atoms with van der Waals surface area (Å²) in [4.78, 5) is 10.4. The predicted molar refractivity (Wildman–Crippen MR) is 37.1 cm³/mol. The fourth-order valence-corrected chi connectivity index (χ4v) is 0.468. The molecule has 0 saturated carbocycles. The van der Waals surface area contributed by atoms with Gasteiger partial charge in [-0.25, -0.2) is 4.79 Å². The Morgan fingerprint density at radius 3 is 2.54 bits per heavy atom. The van der Waals surface area contributed by atoms with Crippen LogP contribution in [0, 0.1) is 0 Å². The summed E-state index contributed by atoms with van der Waals surface area (Å²) in [6.07, 6.45) is -5.36. The molecule has 2 N–H and O–H groups in total. The number of hydrogen-bond donors (Lipinski definition) is 2. The maximum Gasteiger partial charge on any atom is 0.422 e. The van der Waals surface area contributed by atoms with E-state index in [2.05, 4.69) is 4.74 Å². The third-order valence-corrected chi connectivity index (χ3v) is 0.971. The van der Waals surface area contributed by atoms with Crippen molar-refractivity contribution in [2.75, 3.05) is 19.8 Å². The van der Waals surface area contributed by atoms with Crippen LogP contribution < -0.4 is 5.32 Å². The third-order valence-electron chi connectivity index (χ3n) is 0.971. The molecule has 0 unspecified atom stereocenters. The number of aliphatic hydroxyl groups excluding tert-OH is 1. The summed E-state index contributed by atoms with van der Waals surface area (Å²) in [5.41, 5.74) is 0. The summed E-state index contributed by atoms with van der Waals surface area (Å²) in [7, 11) is 0. The maximum atomic E-state index is 11.5. The third kappa shape index (κ3) is 8.93. The zero-order valence-corrected chi connectivity index (χ0v) is 6.73. The van der Waals surface area contributed by atoms with E-state index in [0.717, 1.165) is 0 Å². The van der Waals surface area contributed by atoms with E-state index in [9.17, 15) is 18.0 Å². The van der Waals surface area contributed by atoms with E-state index in [0.29, 0.717) is 0 Å². The molecule has 0 aliphatic heterocycles. The van der Waals surface area contributed by atoms with Gasteiger partial charge in [0.15, 0.2) is 6.61 Å².